The first-order valence-corrected chi connectivity index (χ1v) is 9.15. The number of aryl methyl sites for hydroxylation is 1. The highest BCUT2D eigenvalue weighted by Gasteiger charge is 2.25. The van der Waals surface area contributed by atoms with Crippen molar-refractivity contribution < 1.29 is 9.53 Å². The van der Waals surface area contributed by atoms with Crippen molar-refractivity contribution in [1.82, 2.24) is 15.1 Å². The summed E-state index contributed by atoms with van der Waals surface area (Å²) in [6.07, 6.45) is 3.98. The lowest BCUT2D eigenvalue weighted by molar-refractivity contribution is 0.0886. The molecule has 1 fully saturated rings. The Morgan fingerprint density at radius 1 is 1.04 bits per heavy atom. The van der Waals surface area contributed by atoms with Crippen molar-refractivity contribution in [2.24, 2.45) is 7.05 Å². The van der Waals surface area contributed by atoms with Gasteiger partial charge in [-0.05, 0) is 43.9 Å². The van der Waals surface area contributed by atoms with Gasteiger partial charge in [0.1, 0.15) is 11.4 Å². The lowest BCUT2D eigenvalue weighted by atomic mass is 9.92. The van der Waals surface area contributed by atoms with E-state index in [1.807, 2.05) is 61.6 Å². The number of amides is 1. The molecule has 1 aliphatic rings. The molecule has 2 aromatic carbocycles. The maximum Gasteiger partial charge on any atom is 0.270 e. The minimum Gasteiger partial charge on any atom is -0.490 e. The number of benzene rings is 2. The van der Waals surface area contributed by atoms with Gasteiger partial charge < -0.3 is 10.1 Å². The van der Waals surface area contributed by atoms with Gasteiger partial charge in [0, 0.05) is 18.5 Å². The molecule has 3 aromatic rings. The highest BCUT2D eigenvalue weighted by molar-refractivity contribution is 6.05. The molecule has 0 saturated heterocycles. The molecule has 0 aliphatic heterocycles. The van der Waals surface area contributed by atoms with Crippen molar-refractivity contribution in [2.75, 3.05) is 0 Å². The fourth-order valence-corrected chi connectivity index (χ4v) is 3.69. The minimum atomic E-state index is -0.0476. The summed E-state index contributed by atoms with van der Waals surface area (Å²) >= 11 is 0. The van der Waals surface area contributed by atoms with Crippen LogP contribution in [0.5, 0.6) is 5.75 Å². The van der Waals surface area contributed by atoms with Crippen molar-refractivity contribution in [3.8, 4) is 5.75 Å². The zero-order valence-electron chi connectivity index (χ0n) is 14.9. The van der Waals surface area contributed by atoms with E-state index in [-0.39, 0.29) is 18.1 Å². The second kappa shape index (κ2) is 7.20. The number of aromatic nitrogens is 2. The van der Waals surface area contributed by atoms with E-state index in [0.717, 1.165) is 42.3 Å². The Balaban J connectivity index is 1.37. The number of carbonyl (C=O) groups is 1. The van der Waals surface area contributed by atoms with E-state index >= 15 is 0 Å². The summed E-state index contributed by atoms with van der Waals surface area (Å²) in [6, 6.07) is 17.9. The van der Waals surface area contributed by atoms with E-state index < -0.39 is 0 Å². The molecule has 5 heteroatoms. The normalized spacial score (nSPS) is 20.0. The van der Waals surface area contributed by atoms with E-state index in [4.69, 9.17) is 4.74 Å². The average molecular weight is 349 g/mol. The maximum atomic E-state index is 12.8. The SMILES string of the molecule is Cn1nc2ccccc2c1C(=O)NC1CCC(Oc2ccccc2)CC1. The summed E-state index contributed by atoms with van der Waals surface area (Å²) in [5, 5.41) is 8.50. The van der Waals surface area contributed by atoms with Gasteiger partial charge in [0.2, 0.25) is 0 Å². The molecular weight excluding hydrogens is 326 g/mol. The average Bonchev–Trinajstić information content (AvgIpc) is 3.00. The van der Waals surface area contributed by atoms with Crippen molar-refractivity contribution in [2.45, 2.75) is 37.8 Å². The smallest absolute Gasteiger partial charge is 0.270 e. The number of nitrogens with one attached hydrogen (secondary N) is 1. The van der Waals surface area contributed by atoms with Crippen LogP contribution in [0, 0.1) is 0 Å². The Hall–Kier alpha value is -2.82. The van der Waals surface area contributed by atoms with E-state index in [2.05, 4.69) is 10.4 Å². The third-order valence-electron chi connectivity index (χ3n) is 5.01. The first-order chi connectivity index (χ1) is 12.7. The topological polar surface area (TPSA) is 56.2 Å². The van der Waals surface area contributed by atoms with Gasteiger partial charge in [-0.25, -0.2) is 0 Å². The molecular formula is C21H23N3O2. The molecule has 0 radical (unpaired) electrons. The van der Waals surface area contributed by atoms with Gasteiger partial charge in [-0.15, -0.1) is 0 Å². The fourth-order valence-electron chi connectivity index (χ4n) is 3.69. The fraction of sp³-hybridized carbons (Fsp3) is 0.333. The Kier molecular flexibility index (Phi) is 4.61. The summed E-state index contributed by atoms with van der Waals surface area (Å²) in [5.41, 5.74) is 1.48. The largest absolute Gasteiger partial charge is 0.490 e. The van der Waals surface area contributed by atoms with Crippen LogP contribution >= 0.6 is 0 Å². The second-order valence-electron chi connectivity index (χ2n) is 6.87. The van der Waals surface area contributed by atoms with Crippen LogP contribution in [0.15, 0.2) is 54.6 Å². The summed E-state index contributed by atoms with van der Waals surface area (Å²) in [7, 11) is 1.82. The third-order valence-corrected chi connectivity index (χ3v) is 5.01. The molecule has 1 aromatic heterocycles. The molecule has 0 atom stereocenters. The summed E-state index contributed by atoms with van der Waals surface area (Å²) in [4.78, 5) is 12.8. The van der Waals surface area contributed by atoms with Crippen molar-refractivity contribution in [1.29, 1.82) is 0 Å². The standard InChI is InChI=1S/C21H23N3O2/c1-24-20(18-9-5-6-10-19(18)23-24)21(25)22-15-11-13-17(14-12-15)26-16-7-3-2-4-8-16/h2-10,15,17H,11-14H2,1H3,(H,22,25). The van der Waals surface area contributed by atoms with Crippen LogP contribution in [-0.4, -0.2) is 27.8 Å². The van der Waals surface area contributed by atoms with Crippen LogP contribution < -0.4 is 10.1 Å². The van der Waals surface area contributed by atoms with E-state index in [0.29, 0.717) is 5.69 Å². The molecule has 1 saturated carbocycles. The molecule has 0 bridgehead atoms. The molecule has 1 N–H and O–H groups in total. The lowest BCUT2D eigenvalue weighted by Gasteiger charge is -2.29. The first-order valence-electron chi connectivity index (χ1n) is 9.15. The van der Waals surface area contributed by atoms with Gasteiger partial charge in [0.25, 0.3) is 5.91 Å². The van der Waals surface area contributed by atoms with Crippen LogP contribution in [0.25, 0.3) is 10.9 Å². The summed E-state index contributed by atoms with van der Waals surface area (Å²) in [6.45, 7) is 0. The van der Waals surface area contributed by atoms with Gasteiger partial charge in [0.05, 0.1) is 11.6 Å². The van der Waals surface area contributed by atoms with Crippen molar-refractivity contribution in [3.63, 3.8) is 0 Å². The molecule has 26 heavy (non-hydrogen) atoms. The number of ether oxygens (including phenoxy) is 1. The Morgan fingerprint density at radius 3 is 2.50 bits per heavy atom. The first kappa shape index (κ1) is 16.6. The molecule has 1 amide bonds. The lowest BCUT2D eigenvalue weighted by Crippen LogP contribution is -2.40. The van der Waals surface area contributed by atoms with Crippen molar-refractivity contribution in [3.05, 3.63) is 60.3 Å². The van der Waals surface area contributed by atoms with E-state index in [9.17, 15) is 4.79 Å². The highest BCUT2D eigenvalue weighted by Crippen LogP contribution is 2.24. The van der Waals surface area contributed by atoms with Crippen LogP contribution in [0.1, 0.15) is 36.2 Å². The zero-order valence-corrected chi connectivity index (χ0v) is 14.9. The number of fused-ring (bicyclic) bond motifs is 1. The van der Waals surface area contributed by atoms with E-state index in [1.165, 1.54) is 0 Å². The number of hydrogen-bond acceptors (Lipinski definition) is 3. The van der Waals surface area contributed by atoms with Gasteiger partial charge in [-0.2, -0.15) is 5.10 Å². The number of nitrogens with zero attached hydrogens (tertiary/aromatic N) is 2. The quantitative estimate of drug-likeness (QED) is 0.781. The summed E-state index contributed by atoms with van der Waals surface area (Å²) in [5.74, 6) is 0.870. The number of rotatable bonds is 4. The van der Waals surface area contributed by atoms with Crippen molar-refractivity contribution >= 4 is 16.8 Å². The molecule has 0 spiro atoms. The maximum absolute atomic E-state index is 12.8. The monoisotopic (exact) mass is 349 g/mol. The predicted octanol–water partition coefficient (Wildman–Crippen LogP) is 3.69. The van der Waals surface area contributed by atoms with Gasteiger partial charge in [-0.3, -0.25) is 9.48 Å². The Morgan fingerprint density at radius 2 is 1.73 bits per heavy atom. The van der Waals surface area contributed by atoms with Crippen LogP contribution in [0.2, 0.25) is 0 Å². The minimum absolute atomic E-state index is 0.0476. The highest BCUT2D eigenvalue weighted by atomic mass is 16.5. The van der Waals surface area contributed by atoms with E-state index in [1.54, 1.807) is 4.68 Å². The third kappa shape index (κ3) is 3.43. The van der Waals surface area contributed by atoms with Gasteiger partial charge >= 0.3 is 0 Å². The molecule has 1 heterocycles. The molecule has 5 nitrogen and oxygen atoms in total. The number of para-hydroxylation sites is 1. The van der Waals surface area contributed by atoms with Crippen LogP contribution in [-0.2, 0) is 7.05 Å². The predicted molar refractivity (Wildman–Crippen MR) is 101 cm³/mol. The molecule has 1 aliphatic carbocycles. The molecule has 4 rings (SSSR count). The zero-order chi connectivity index (χ0) is 17.9. The second-order valence-corrected chi connectivity index (χ2v) is 6.87. The van der Waals surface area contributed by atoms with Crippen LogP contribution in [0.3, 0.4) is 0 Å². The number of hydrogen-bond donors (Lipinski definition) is 1. The summed E-state index contributed by atoms with van der Waals surface area (Å²) < 4.78 is 7.70. The molecule has 0 unspecified atom stereocenters. The van der Waals surface area contributed by atoms with Gasteiger partial charge in [-0.1, -0.05) is 36.4 Å². The molecule has 134 valence electrons. The Labute approximate surface area is 153 Å². The van der Waals surface area contributed by atoms with Crippen LogP contribution in [0.4, 0.5) is 0 Å². The number of carbonyl (C=O) groups excluding carboxylic acids is 1. The van der Waals surface area contributed by atoms with Gasteiger partial charge in [0.15, 0.2) is 0 Å². The Bertz CT molecular complexity index is 896.